The second-order valence-electron chi connectivity index (χ2n) is 3.42. The third kappa shape index (κ3) is 3.82. The summed E-state index contributed by atoms with van der Waals surface area (Å²) in [6.07, 6.45) is -5.86. The lowest BCUT2D eigenvalue weighted by atomic mass is 10.1. The molecule has 5 heteroatoms. The fourth-order valence-electron chi connectivity index (χ4n) is 1.10. The number of ether oxygens (including phenoxy) is 1. The number of aliphatic hydroxyl groups excluding tert-OH is 1. The summed E-state index contributed by atoms with van der Waals surface area (Å²) in [7, 11) is 1.48. The zero-order valence-electron chi connectivity index (χ0n) is 9.58. The van der Waals surface area contributed by atoms with Gasteiger partial charge in [0, 0.05) is 0 Å². The highest BCUT2D eigenvalue weighted by Crippen LogP contribution is 2.23. The SMILES string of the molecule is C=C(C#CC(O)c1ccc(OC)cc1)C(F)(F)F. The maximum atomic E-state index is 12.1. The minimum atomic E-state index is -4.56. The molecule has 1 rings (SSSR count). The van der Waals surface area contributed by atoms with Crippen LogP contribution in [-0.2, 0) is 0 Å². The first-order valence-electron chi connectivity index (χ1n) is 4.94. The highest BCUT2D eigenvalue weighted by atomic mass is 19.4. The van der Waals surface area contributed by atoms with Crippen molar-refractivity contribution in [3.63, 3.8) is 0 Å². The number of hydrogen-bond acceptors (Lipinski definition) is 2. The predicted octanol–water partition coefficient (Wildman–Crippen LogP) is 2.85. The van der Waals surface area contributed by atoms with Crippen molar-refractivity contribution in [3.05, 3.63) is 42.0 Å². The number of allylic oxidation sites excluding steroid dienone is 1. The molecular weight excluding hydrogens is 245 g/mol. The lowest BCUT2D eigenvalue weighted by Gasteiger charge is -2.06. The molecule has 1 aromatic rings. The first-order valence-corrected chi connectivity index (χ1v) is 4.94. The molecule has 1 atom stereocenters. The van der Waals surface area contributed by atoms with Gasteiger partial charge in [-0.05, 0) is 17.7 Å². The van der Waals surface area contributed by atoms with Crippen LogP contribution in [-0.4, -0.2) is 18.4 Å². The summed E-state index contributed by atoms with van der Waals surface area (Å²) in [6, 6.07) is 6.21. The van der Waals surface area contributed by atoms with Crippen LogP contribution >= 0.6 is 0 Å². The summed E-state index contributed by atoms with van der Waals surface area (Å²) in [5.41, 5.74) is -0.798. The van der Waals surface area contributed by atoms with Crippen molar-refractivity contribution in [1.82, 2.24) is 0 Å². The van der Waals surface area contributed by atoms with E-state index in [0.29, 0.717) is 11.3 Å². The molecule has 0 radical (unpaired) electrons. The van der Waals surface area contributed by atoms with E-state index in [1.807, 2.05) is 0 Å². The van der Waals surface area contributed by atoms with Gasteiger partial charge in [-0.1, -0.05) is 30.6 Å². The topological polar surface area (TPSA) is 29.5 Å². The lowest BCUT2D eigenvalue weighted by molar-refractivity contribution is -0.0868. The lowest BCUT2D eigenvalue weighted by Crippen LogP contribution is -2.09. The molecule has 0 spiro atoms. The highest BCUT2D eigenvalue weighted by Gasteiger charge is 2.30. The zero-order chi connectivity index (χ0) is 13.8. The first-order chi connectivity index (χ1) is 8.34. The van der Waals surface area contributed by atoms with Gasteiger partial charge in [-0.15, -0.1) is 0 Å². The summed E-state index contributed by atoms with van der Waals surface area (Å²) in [6.45, 7) is 2.79. The second-order valence-corrected chi connectivity index (χ2v) is 3.42. The van der Waals surface area contributed by atoms with Crippen LogP contribution in [0.5, 0.6) is 5.75 Å². The van der Waals surface area contributed by atoms with Crippen molar-refractivity contribution in [3.8, 4) is 17.6 Å². The van der Waals surface area contributed by atoms with Gasteiger partial charge in [-0.25, -0.2) is 0 Å². The van der Waals surface area contributed by atoms with Gasteiger partial charge in [-0.3, -0.25) is 0 Å². The smallest absolute Gasteiger partial charge is 0.423 e. The number of aliphatic hydroxyl groups is 1. The highest BCUT2D eigenvalue weighted by molar-refractivity contribution is 5.36. The van der Waals surface area contributed by atoms with Crippen LogP contribution in [0.1, 0.15) is 11.7 Å². The summed E-state index contributed by atoms with van der Waals surface area (Å²) >= 11 is 0. The Morgan fingerprint density at radius 3 is 2.33 bits per heavy atom. The molecule has 18 heavy (non-hydrogen) atoms. The molecule has 1 aromatic carbocycles. The third-order valence-corrected chi connectivity index (χ3v) is 2.13. The Hall–Kier alpha value is -1.93. The molecule has 96 valence electrons. The number of halogens is 3. The number of benzene rings is 1. The second kappa shape index (κ2) is 5.61. The largest absolute Gasteiger partial charge is 0.497 e. The van der Waals surface area contributed by atoms with Crippen LogP contribution in [0.2, 0.25) is 0 Å². The van der Waals surface area contributed by atoms with Crippen LogP contribution in [0, 0.1) is 11.8 Å². The van der Waals surface area contributed by atoms with Gasteiger partial charge in [0.1, 0.15) is 11.9 Å². The van der Waals surface area contributed by atoms with Gasteiger partial charge in [0.05, 0.1) is 12.7 Å². The van der Waals surface area contributed by atoms with E-state index in [1.54, 1.807) is 18.1 Å². The standard InChI is InChI=1S/C13H11F3O2/c1-9(13(14,15)16)3-8-12(17)10-4-6-11(18-2)7-5-10/h4-7,12,17H,1H2,2H3. The van der Waals surface area contributed by atoms with Crippen molar-refractivity contribution in [1.29, 1.82) is 0 Å². The monoisotopic (exact) mass is 256 g/mol. The first kappa shape index (κ1) is 14.1. The van der Waals surface area contributed by atoms with Gasteiger partial charge >= 0.3 is 6.18 Å². The normalized spacial score (nSPS) is 12.3. The van der Waals surface area contributed by atoms with E-state index in [1.165, 1.54) is 19.2 Å². The van der Waals surface area contributed by atoms with Gasteiger partial charge in [0.15, 0.2) is 0 Å². The van der Waals surface area contributed by atoms with Gasteiger partial charge in [0.25, 0.3) is 0 Å². The Morgan fingerprint density at radius 2 is 1.89 bits per heavy atom. The molecule has 0 saturated carbocycles. The van der Waals surface area contributed by atoms with Crippen LogP contribution in [0.15, 0.2) is 36.4 Å². The van der Waals surface area contributed by atoms with Gasteiger partial charge in [-0.2, -0.15) is 13.2 Å². The Balaban J connectivity index is 2.79. The molecule has 2 nitrogen and oxygen atoms in total. The van der Waals surface area contributed by atoms with E-state index in [-0.39, 0.29) is 0 Å². The maximum absolute atomic E-state index is 12.1. The van der Waals surface area contributed by atoms with Gasteiger partial charge < -0.3 is 9.84 Å². The number of hydrogen-bond donors (Lipinski definition) is 1. The predicted molar refractivity (Wildman–Crippen MR) is 60.9 cm³/mol. The Labute approximate surface area is 103 Å². The average molecular weight is 256 g/mol. The fourth-order valence-corrected chi connectivity index (χ4v) is 1.10. The summed E-state index contributed by atoms with van der Waals surface area (Å²) in [4.78, 5) is 0. The van der Waals surface area contributed by atoms with Gasteiger partial charge in [0.2, 0.25) is 0 Å². The summed E-state index contributed by atoms with van der Waals surface area (Å²) < 4.78 is 41.2. The van der Waals surface area contributed by atoms with E-state index in [0.717, 1.165) is 0 Å². The Bertz CT molecular complexity index is 478. The summed E-state index contributed by atoms with van der Waals surface area (Å²) in [5, 5.41) is 9.58. The van der Waals surface area contributed by atoms with Crippen LogP contribution in [0.3, 0.4) is 0 Å². The summed E-state index contributed by atoms with van der Waals surface area (Å²) in [5.74, 6) is 4.47. The van der Waals surface area contributed by atoms with E-state index in [9.17, 15) is 18.3 Å². The van der Waals surface area contributed by atoms with Crippen molar-refractivity contribution >= 4 is 0 Å². The Morgan fingerprint density at radius 1 is 1.33 bits per heavy atom. The quantitative estimate of drug-likeness (QED) is 0.824. The molecule has 0 saturated heterocycles. The van der Waals surface area contributed by atoms with Crippen molar-refractivity contribution in [2.75, 3.05) is 7.11 Å². The molecule has 0 bridgehead atoms. The molecule has 1 unspecified atom stereocenters. The van der Waals surface area contributed by atoms with Crippen LogP contribution in [0.4, 0.5) is 13.2 Å². The van der Waals surface area contributed by atoms with E-state index < -0.39 is 17.9 Å². The molecule has 0 fully saturated rings. The molecule has 0 amide bonds. The molecule has 1 N–H and O–H groups in total. The maximum Gasteiger partial charge on any atom is 0.423 e. The zero-order valence-corrected chi connectivity index (χ0v) is 9.58. The van der Waals surface area contributed by atoms with E-state index >= 15 is 0 Å². The third-order valence-electron chi connectivity index (χ3n) is 2.13. The fraction of sp³-hybridized carbons (Fsp3) is 0.231. The molecule has 0 aliphatic carbocycles. The molecule has 0 aromatic heterocycles. The van der Waals surface area contributed by atoms with Crippen molar-refractivity contribution < 1.29 is 23.0 Å². The Kier molecular flexibility index (Phi) is 4.40. The number of alkyl halides is 3. The van der Waals surface area contributed by atoms with Crippen molar-refractivity contribution in [2.24, 2.45) is 0 Å². The average Bonchev–Trinajstić information content (AvgIpc) is 2.34. The van der Waals surface area contributed by atoms with Crippen LogP contribution in [0.25, 0.3) is 0 Å². The van der Waals surface area contributed by atoms with Crippen molar-refractivity contribution in [2.45, 2.75) is 12.3 Å². The number of methoxy groups -OCH3 is 1. The number of rotatable bonds is 2. The molecule has 0 aliphatic rings. The van der Waals surface area contributed by atoms with Crippen LogP contribution < -0.4 is 4.74 Å². The molecule has 0 heterocycles. The molecular formula is C13H11F3O2. The van der Waals surface area contributed by atoms with E-state index in [4.69, 9.17) is 4.74 Å². The minimum Gasteiger partial charge on any atom is -0.497 e. The minimum absolute atomic E-state index is 0.387. The molecule has 0 aliphatic heterocycles. The van der Waals surface area contributed by atoms with E-state index in [2.05, 4.69) is 12.5 Å².